The van der Waals surface area contributed by atoms with E-state index in [0.29, 0.717) is 22.8 Å². The van der Waals surface area contributed by atoms with E-state index in [2.05, 4.69) is 20.6 Å². The van der Waals surface area contributed by atoms with Gasteiger partial charge < -0.3 is 10.6 Å². The molecule has 0 fully saturated rings. The fourth-order valence-corrected chi connectivity index (χ4v) is 3.32. The van der Waals surface area contributed by atoms with Gasteiger partial charge in [-0.25, -0.2) is 9.98 Å². The van der Waals surface area contributed by atoms with Crippen molar-refractivity contribution in [3.05, 3.63) is 83.9 Å². The van der Waals surface area contributed by atoms with Crippen molar-refractivity contribution in [1.29, 1.82) is 0 Å². The standard InChI is InChI=1S/C22H14N4O2/c27-21-19(15-8-1-3-10-17(15)25-21)23-13-6-5-7-14(12-13)24-20-16-9-2-4-11-18(16)26-22(20)28/h1-12H,(H,23,25,27)(H,24,26,28). The van der Waals surface area contributed by atoms with E-state index in [1.165, 1.54) is 0 Å². The summed E-state index contributed by atoms with van der Waals surface area (Å²) in [5.41, 5.74) is 4.96. The number of nitrogens with zero attached hydrogens (tertiary/aromatic N) is 2. The summed E-state index contributed by atoms with van der Waals surface area (Å²) < 4.78 is 0. The summed E-state index contributed by atoms with van der Waals surface area (Å²) in [6.45, 7) is 0. The number of anilines is 2. The number of carbonyl (C=O) groups excluding carboxylic acids is 2. The van der Waals surface area contributed by atoms with E-state index in [1.54, 1.807) is 24.3 Å². The molecule has 2 aliphatic heterocycles. The first-order valence-corrected chi connectivity index (χ1v) is 8.78. The maximum absolute atomic E-state index is 12.3. The maximum Gasteiger partial charge on any atom is 0.275 e. The van der Waals surface area contributed by atoms with Gasteiger partial charge in [-0.05, 0) is 30.3 Å². The van der Waals surface area contributed by atoms with Gasteiger partial charge in [0.15, 0.2) is 0 Å². The van der Waals surface area contributed by atoms with Crippen molar-refractivity contribution in [2.24, 2.45) is 9.98 Å². The lowest BCUT2D eigenvalue weighted by atomic mass is 10.1. The Labute approximate surface area is 160 Å². The Morgan fingerprint density at radius 2 is 1.04 bits per heavy atom. The number of benzene rings is 3. The smallest absolute Gasteiger partial charge is 0.275 e. The number of aliphatic imine (C=N–C) groups is 2. The van der Waals surface area contributed by atoms with E-state index in [-0.39, 0.29) is 11.8 Å². The van der Waals surface area contributed by atoms with Crippen LogP contribution in [0.1, 0.15) is 11.1 Å². The number of para-hydroxylation sites is 2. The number of carbonyl (C=O) groups is 2. The molecule has 6 heteroatoms. The second-order valence-electron chi connectivity index (χ2n) is 6.44. The highest BCUT2D eigenvalue weighted by Gasteiger charge is 2.26. The Kier molecular flexibility index (Phi) is 3.62. The van der Waals surface area contributed by atoms with Gasteiger partial charge in [-0.15, -0.1) is 0 Å². The molecular formula is C22H14N4O2. The third-order valence-electron chi connectivity index (χ3n) is 4.60. The van der Waals surface area contributed by atoms with Gasteiger partial charge in [-0.1, -0.05) is 42.5 Å². The summed E-state index contributed by atoms with van der Waals surface area (Å²) in [5.74, 6) is -0.468. The Balaban J connectivity index is 1.54. The summed E-state index contributed by atoms with van der Waals surface area (Å²) in [6, 6.07) is 22.0. The topological polar surface area (TPSA) is 82.9 Å². The molecule has 2 aliphatic rings. The molecule has 0 bridgehead atoms. The molecule has 0 aliphatic carbocycles. The number of nitrogens with one attached hydrogen (secondary N) is 2. The first-order valence-electron chi connectivity index (χ1n) is 8.78. The zero-order valence-corrected chi connectivity index (χ0v) is 14.6. The van der Waals surface area contributed by atoms with Crippen LogP contribution in [-0.2, 0) is 9.59 Å². The number of rotatable bonds is 2. The van der Waals surface area contributed by atoms with Crippen molar-refractivity contribution in [2.75, 3.05) is 10.6 Å². The van der Waals surface area contributed by atoms with Crippen LogP contribution in [0.4, 0.5) is 22.7 Å². The molecule has 0 spiro atoms. The predicted octanol–water partition coefficient (Wildman–Crippen LogP) is 3.83. The van der Waals surface area contributed by atoms with Gasteiger partial charge in [0, 0.05) is 11.1 Å². The summed E-state index contributed by atoms with van der Waals surface area (Å²) in [6.07, 6.45) is 0. The van der Waals surface area contributed by atoms with E-state index >= 15 is 0 Å². The molecule has 2 heterocycles. The van der Waals surface area contributed by atoms with E-state index in [4.69, 9.17) is 0 Å². The van der Waals surface area contributed by atoms with Crippen molar-refractivity contribution in [3.8, 4) is 0 Å². The van der Waals surface area contributed by atoms with Gasteiger partial charge >= 0.3 is 0 Å². The highest BCUT2D eigenvalue weighted by molar-refractivity contribution is 6.54. The normalized spacial score (nSPS) is 17.4. The summed E-state index contributed by atoms with van der Waals surface area (Å²) >= 11 is 0. The molecular weight excluding hydrogens is 352 g/mol. The minimum atomic E-state index is -0.234. The van der Waals surface area contributed by atoms with Crippen LogP contribution < -0.4 is 10.6 Å². The summed E-state index contributed by atoms with van der Waals surface area (Å²) in [7, 11) is 0. The van der Waals surface area contributed by atoms with Crippen LogP contribution in [0.15, 0.2) is 82.8 Å². The molecule has 0 radical (unpaired) electrons. The molecule has 3 aromatic rings. The fraction of sp³-hybridized carbons (Fsp3) is 0. The lowest BCUT2D eigenvalue weighted by molar-refractivity contribution is -0.110. The molecule has 2 amide bonds. The van der Waals surface area contributed by atoms with Crippen molar-refractivity contribution in [3.63, 3.8) is 0 Å². The van der Waals surface area contributed by atoms with Gasteiger partial charge in [0.2, 0.25) is 0 Å². The molecule has 0 unspecified atom stereocenters. The minimum absolute atomic E-state index is 0.234. The molecule has 3 aromatic carbocycles. The molecule has 0 saturated heterocycles. The number of fused-ring (bicyclic) bond motifs is 2. The Morgan fingerprint density at radius 1 is 0.571 bits per heavy atom. The van der Waals surface area contributed by atoms with Crippen molar-refractivity contribution in [1.82, 2.24) is 0 Å². The first-order chi connectivity index (χ1) is 13.7. The number of hydrogen-bond donors (Lipinski definition) is 2. The number of hydrogen-bond acceptors (Lipinski definition) is 4. The molecule has 28 heavy (non-hydrogen) atoms. The fourth-order valence-electron chi connectivity index (χ4n) is 3.32. The molecule has 0 aromatic heterocycles. The summed E-state index contributed by atoms with van der Waals surface area (Å²) in [4.78, 5) is 33.5. The van der Waals surface area contributed by atoms with Crippen molar-refractivity contribution < 1.29 is 9.59 Å². The average molecular weight is 366 g/mol. The monoisotopic (exact) mass is 366 g/mol. The van der Waals surface area contributed by atoms with Gasteiger partial charge in [0.1, 0.15) is 11.4 Å². The molecule has 0 atom stereocenters. The molecule has 0 saturated carbocycles. The van der Waals surface area contributed by atoms with Crippen LogP contribution in [0.25, 0.3) is 0 Å². The van der Waals surface area contributed by atoms with Crippen LogP contribution in [0.2, 0.25) is 0 Å². The highest BCUT2D eigenvalue weighted by atomic mass is 16.2. The van der Waals surface area contributed by atoms with Gasteiger partial charge in [0.25, 0.3) is 11.8 Å². The Hall–Kier alpha value is -4.06. The van der Waals surface area contributed by atoms with Crippen LogP contribution in [0.5, 0.6) is 0 Å². The lowest BCUT2D eigenvalue weighted by Gasteiger charge is -2.01. The molecule has 5 rings (SSSR count). The largest absolute Gasteiger partial charge is 0.320 e. The van der Waals surface area contributed by atoms with Crippen LogP contribution in [0, 0.1) is 0 Å². The molecule has 2 N–H and O–H groups in total. The maximum atomic E-state index is 12.3. The molecule has 134 valence electrons. The van der Waals surface area contributed by atoms with E-state index in [0.717, 1.165) is 22.5 Å². The minimum Gasteiger partial charge on any atom is -0.320 e. The SMILES string of the molecule is O=C1Nc2ccccc2C1=Nc1cccc(N=C2C(=O)Nc3ccccc32)c1. The van der Waals surface area contributed by atoms with E-state index < -0.39 is 0 Å². The van der Waals surface area contributed by atoms with Crippen LogP contribution in [0.3, 0.4) is 0 Å². The predicted molar refractivity (Wildman–Crippen MR) is 109 cm³/mol. The zero-order chi connectivity index (χ0) is 19.1. The summed E-state index contributed by atoms with van der Waals surface area (Å²) in [5, 5.41) is 5.62. The molecule has 6 nitrogen and oxygen atoms in total. The van der Waals surface area contributed by atoms with Gasteiger partial charge in [0.05, 0.1) is 22.7 Å². The highest BCUT2D eigenvalue weighted by Crippen LogP contribution is 2.29. The van der Waals surface area contributed by atoms with E-state index in [9.17, 15) is 9.59 Å². The third-order valence-corrected chi connectivity index (χ3v) is 4.60. The van der Waals surface area contributed by atoms with Gasteiger partial charge in [-0.3, -0.25) is 9.59 Å². The van der Waals surface area contributed by atoms with Crippen LogP contribution >= 0.6 is 0 Å². The Morgan fingerprint density at radius 3 is 1.54 bits per heavy atom. The second-order valence-corrected chi connectivity index (χ2v) is 6.44. The Bertz CT molecular complexity index is 1120. The lowest BCUT2D eigenvalue weighted by Crippen LogP contribution is -2.14. The second kappa shape index (κ2) is 6.28. The first kappa shape index (κ1) is 16.1. The van der Waals surface area contributed by atoms with Gasteiger partial charge in [-0.2, -0.15) is 0 Å². The van der Waals surface area contributed by atoms with E-state index in [1.807, 2.05) is 48.5 Å². The average Bonchev–Trinajstić information content (AvgIpc) is 3.19. The quantitative estimate of drug-likeness (QED) is 0.722. The van der Waals surface area contributed by atoms with Crippen molar-refractivity contribution in [2.45, 2.75) is 0 Å². The van der Waals surface area contributed by atoms with Crippen molar-refractivity contribution >= 4 is 46.0 Å². The third kappa shape index (κ3) is 2.68. The zero-order valence-electron chi connectivity index (χ0n) is 14.6. The number of amides is 2. The van der Waals surface area contributed by atoms with Crippen LogP contribution in [-0.4, -0.2) is 23.2 Å².